The van der Waals surface area contributed by atoms with Crippen molar-refractivity contribution in [2.45, 2.75) is 51.9 Å². The van der Waals surface area contributed by atoms with Crippen molar-refractivity contribution in [3.8, 4) is 0 Å². The van der Waals surface area contributed by atoms with Crippen molar-refractivity contribution in [1.82, 2.24) is 0 Å². The van der Waals surface area contributed by atoms with Gasteiger partial charge in [0.15, 0.2) is 8.32 Å². The molecular formula is C16H26O2Si. The topological polar surface area (TPSA) is 26.3 Å². The van der Waals surface area contributed by atoms with Gasteiger partial charge < -0.3 is 9.22 Å². The number of hydrogen-bond donors (Lipinski definition) is 0. The Labute approximate surface area is 118 Å². The van der Waals surface area contributed by atoms with Crippen LogP contribution in [0, 0.1) is 5.92 Å². The minimum atomic E-state index is -1.89. The SMILES string of the molecule is C[C@H](C=O)[C@@H](O[Si](C)(C)C(C)(C)C)c1ccccc1. The lowest BCUT2D eigenvalue weighted by Crippen LogP contribution is -2.43. The van der Waals surface area contributed by atoms with Crippen molar-refractivity contribution in [1.29, 1.82) is 0 Å². The van der Waals surface area contributed by atoms with E-state index in [1.54, 1.807) is 0 Å². The van der Waals surface area contributed by atoms with Crippen LogP contribution in [-0.2, 0) is 9.22 Å². The molecule has 106 valence electrons. The molecule has 0 unspecified atom stereocenters. The van der Waals surface area contributed by atoms with Gasteiger partial charge in [0.25, 0.3) is 0 Å². The lowest BCUT2D eigenvalue weighted by molar-refractivity contribution is -0.113. The van der Waals surface area contributed by atoms with E-state index in [4.69, 9.17) is 4.43 Å². The number of aldehydes is 1. The zero-order valence-electron chi connectivity index (χ0n) is 12.9. The Bertz CT molecular complexity index is 407. The van der Waals surface area contributed by atoms with Crippen LogP contribution in [0.2, 0.25) is 18.1 Å². The summed E-state index contributed by atoms with van der Waals surface area (Å²) < 4.78 is 6.45. The fourth-order valence-electron chi connectivity index (χ4n) is 1.69. The molecule has 0 amide bonds. The van der Waals surface area contributed by atoms with Crippen molar-refractivity contribution >= 4 is 14.6 Å². The molecule has 0 N–H and O–H groups in total. The predicted molar refractivity (Wildman–Crippen MR) is 82.7 cm³/mol. The quantitative estimate of drug-likeness (QED) is 0.582. The van der Waals surface area contributed by atoms with Gasteiger partial charge in [0.2, 0.25) is 0 Å². The molecule has 0 radical (unpaired) electrons. The highest BCUT2D eigenvalue weighted by molar-refractivity contribution is 6.74. The Morgan fingerprint density at radius 2 is 1.68 bits per heavy atom. The molecule has 1 aromatic carbocycles. The van der Waals surface area contributed by atoms with Crippen LogP contribution in [0.5, 0.6) is 0 Å². The summed E-state index contributed by atoms with van der Waals surface area (Å²) in [7, 11) is -1.89. The largest absolute Gasteiger partial charge is 0.409 e. The molecule has 0 fully saturated rings. The lowest BCUT2D eigenvalue weighted by Gasteiger charge is -2.40. The molecule has 19 heavy (non-hydrogen) atoms. The van der Waals surface area contributed by atoms with Gasteiger partial charge in [-0.2, -0.15) is 0 Å². The van der Waals surface area contributed by atoms with Gasteiger partial charge in [0.1, 0.15) is 6.29 Å². The van der Waals surface area contributed by atoms with E-state index in [1.807, 2.05) is 37.3 Å². The molecule has 0 aromatic heterocycles. The van der Waals surface area contributed by atoms with Crippen LogP contribution in [0.4, 0.5) is 0 Å². The first-order chi connectivity index (χ1) is 8.69. The van der Waals surface area contributed by atoms with Gasteiger partial charge in [-0.3, -0.25) is 0 Å². The van der Waals surface area contributed by atoms with E-state index in [1.165, 1.54) is 0 Å². The molecule has 0 aliphatic rings. The van der Waals surface area contributed by atoms with E-state index < -0.39 is 8.32 Å². The van der Waals surface area contributed by atoms with E-state index in [2.05, 4.69) is 33.9 Å². The van der Waals surface area contributed by atoms with E-state index in [9.17, 15) is 4.79 Å². The van der Waals surface area contributed by atoms with Gasteiger partial charge in [-0.05, 0) is 23.7 Å². The summed E-state index contributed by atoms with van der Waals surface area (Å²) in [5.41, 5.74) is 1.09. The molecule has 0 saturated carbocycles. The van der Waals surface area contributed by atoms with Crippen LogP contribution in [0.25, 0.3) is 0 Å². The fourth-order valence-corrected chi connectivity index (χ4v) is 3.03. The average Bonchev–Trinajstić information content (AvgIpc) is 2.35. The zero-order valence-corrected chi connectivity index (χ0v) is 13.9. The molecule has 0 aliphatic heterocycles. The lowest BCUT2D eigenvalue weighted by atomic mass is 9.99. The first-order valence-corrected chi connectivity index (χ1v) is 9.78. The minimum absolute atomic E-state index is 0.128. The summed E-state index contributed by atoms with van der Waals surface area (Å²) >= 11 is 0. The van der Waals surface area contributed by atoms with Crippen LogP contribution in [0.15, 0.2) is 30.3 Å². The molecule has 2 atom stereocenters. The minimum Gasteiger partial charge on any atom is -0.409 e. The summed E-state index contributed by atoms with van der Waals surface area (Å²) in [6, 6.07) is 10.1. The molecular weight excluding hydrogens is 252 g/mol. The highest BCUT2D eigenvalue weighted by atomic mass is 28.4. The van der Waals surface area contributed by atoms with Crippen molar-refractivity contribution in [3.63, 3.8) is 0 Å². The Kier molecular flexibility index (Phi) is 5.10. The third-order valence-electron chi connectivity index (χ3n) is 4.05. The smallest absolute Gasteiger partial charge is 0.192 e. The summed E-state index contributed by atoms with van der Waals surface area (Å²) in [6.07, 6.45) is 0.852. The highest BCUT2D eigenvalue weighted by Crippen LogP contribution is 2.41. The summed E-state index contributed by atoms with van der Waals surface area (Å²) in [5.74, 6) is -0.128. The standard InChI is InChI=1S/C16H26O2Si/c1-13(12-17)15(14-10-8-7-9-11-14)18-19(5,6)16(2,3)4/h7-13,15H,1-6H3/t13-,15-/m1/s1. The number of benzene rings is 1. The molecule has 0 heterocycles. The molecule has 2 nitrogen and oxygen atoms in total. The molecule has 0 bridgehead atoms. The third-order valence-corrected chi connectivity index (χ3v) is 8.50. The fraction of sp³-hybridized carbons (Fsp3) is 0.562. The number of carbonyl (C=O) groups is 1. The normalized spacial score (nSPS) is 15.9. The van der Waals surface area contributed by atoms with Crippen molar-refractivity contribution < 1.29 is 9.22 Å². The van der Waals surface area contributed by atoms with Crippen LogP contribution >= 0.6 is 0 Å². The Balaban J connectivity index is 3.04. The van der Waals surface area contributed by atoms with E-state index >= 15 is 0 Å². The second-order valence-electron chi connectivity index (χ2n) is 6.70. The Morgan fingerprint density at radius 3 is 2.11 bits per heavy atom. The van der Waals surface area contributed by atoms with E-state index in [0.29, 0.717) is 0 Å². The Morgan fingerprint density at radius 1 is 1.16 bits per heavy atom. The summed E-state index contributed by atoms with van der Waals surface area (Å²) in [4.78, 5) is 11.2. The monoisotopic (exact) mass is 278 g/mol. The van der Waals surface area contributed by atoms with Gasteiger partial charge in [-0.25, -0.2) is 0 Å². The number of rotatable bonds is 5. The van der Waals surface area contributed by atoms with Crippen LogP contribution in [-0.4, -0.2) is 14.6 Å². The third kappa shape index (κ3) is 4.01. The van der Waals surface area contributed by atoms with Crippen LogP contribution in [0.3, 0.4) is 0 Å². The second-order valence-corrected chi connectivity index (χ2v) is 11.5. The summed E-state index contributed by atoms with van der Waals surface area (Å²) in [5, 5.41) is 0.142. The molecule has 1 rings (SSSR count). The maximum atomic E-state index is 11.2. The molecule has 0 aliphatic carbocycles. The Hall–Kier alpha value is -0.933. The maximum Gasteiger partial charge on any atom is 0.192 e. The first kappa shape index (κ1) is 16.1. The molecule has 0 saturated heterocycles. The van der Waals surface area contributed by atoms with Crippen molar-refractivity contribution in [3.05, 3.63) is 35.9 Å². The van der Waals surface area contributed by atoms with Gasteiger partial charge in [-0.1, -0.05) is 58.0 Å². The number of carbonyl (C=O) groups excluding carboxylic acids is 1. The number of hydrogen-bond acceptors (Lipinski definition) is 2. The van der Waals surface area contributed by atoms with E-state index in [-0.39, 0.29) is 17.1 Å². The average molecular weight is 278 g/mol. The molecule has 0 spiro atoms. The van der Waals surface area contributed by atoms with Gasteiger partial charge >= 0.3 is 0 Å². The van der Waals surface area contributed by atoms with Gasteiger partial charge in [0, 0.05) is 5.92 Å². The second kappa shape index (κ2) is 6.01. The summed E-state index contributed by atoms with van der Waals surface area (Å²) in [6.45, 7) is 13.0. The zero-order chi connectivity index (χ0) is 14.7. The maximum absolute atomic E-state index is 11.2. The van der Waals surface area contributed by atoms with E-state index in [0.717, 1.165) is 11.8 Å². The van der Waals surface area contributed by atoms with Crippen molar-refractivity contribution in [2.24, 2.45) is 5.92 Å². The van der Waals surface area contributed by atoms with Crippen molar-refractivity contribution in [2.75, 3.05) is 0 Å². The van der Waals surface area contributed by atoms with Crippen LogP contribution in [0.1, 0.15) is 39.4 Å². The van der Waals surface area contributed by atoms with Gasteiger partial charge in [0.05, 0.1) is 6.10 Å². The van der Waals surface area contributed by atoms with Crippen LogP contribution < -0.4 is 0 Å². The van der Waals surface area contributed by atoms with Gasteiger partial charge in [-0.15, -0.1) is 0 Å². The highest BCUT2D eigenvalue weighted by Gasteiger charge is 2.40. The first-order valence-electron chi connectivity index (χ1n) is 6.87. The molecule has 1 aromatic rings. The predicted octanol–water partition coefficient (Wildman–Crippen LogP) is 4.58. The molecule has 3 heteroatoms.